The Kier molecular flexibility index (Phi) is 4.75. The van der Waals surface area contributed by atoms with Crippen molar-refractivity contribution in [1.82, 2.24) is 9.47 Å². The second-order valence-electron chi connectivity index (χ2n) is 6.51. The number of aryl methyl sites for hydroxylation is 1. The van der Waals surface area contributed by atoms with E-state index in [9.17, 15) is 0 Å². The summed E-state index contributed by atoms with van der Waals surface area (Å²) in [6.45, 7) is 4.79. The van der Waals surface area contributed by atoms with Crippen molar-refractivity contribution < 1.29 is 4.74 Å². The quantitative estimate of drug-likeness (QED) is 0.611. The standard InChI is InChI=1S/C21H21BrN2O/c1-16-3-2-4-17(13-16)14-24-11-12-25-21(24)18-9-10-23(15-18)20-7-5-19(22)6-8-20/h2-10,13,15,21H,11-12,14H2,1H3. The summed E-state index contributed by atoms with van der Waals surface area (Å²) < 4.78 is 9.26. The molecule has 0 aliphatic carbocycles. The van der Waals surface area contributed by atoms with Crippen LogP contribution in [-0.4, -0.2) is 22.6 Å². The summed E-state index contributed by atoms with van der Waals surface area (Å²) in [7, 11) is 0. The van der Waals surface area contributed by atoms with Crippen LogP contribution in [0.4, 0.5) is 0 Å². The first kappa shape index (κ1) is 16.6. The number of halogens is 1. The van der Waals surface area contributed by atoms with Gasteiger partial charge in [0.1, 0.15) is 6.23 Å². The molecule has 2 aromatic carbocycles. The Balaban J connectivity index is 1.53. The summed E-state index contributed by atoms with van der Waals surface area (Å²) in [4.78, 5) is 2.40. The first-order chi connectivity index (χ1) is 12.2. The zero-order valence-corrected chi connectivity index (χ0v) is 15.8. The number of nitrogens with zero attached hydrogens (tertiary/aromatic N) is 2. The topological polar surface area (TPSA) is 17.4 Å². The molecule has 2 heterocycles. The van der Waals surface area contributed by atoms with E-state index in [1.54, 1.807) is 0 Å². The highest BCUT2D eigenvalue weighted by molar-refractivity contribution is 9.10. The minimum atomic E-state index is 0.0252. The summed E-state index contributed by atoms with van der Waals surface area (Å²) in [6, 6.07) is 19.2. The van der Waals surface area contributed by atoms with Crippen LogP contribution in [0.3, 0.4) is 0 Å². The normalized spacial score (nSPS) is 17.9. The fraction of sp³-hybridized carbons (Fsp3) is 0.238. The van der Waals surface area contributed by atoms with Crippen molar-refractivity contribution in [3.05, 3.63) is 88.2 Å². The van der Waals surface area contributed by atoms with E-state index in [2.05, 4.69) is 99.3 Å². The zero-order valence-electron chi connectivity index (χ0n) is 14.2. The maximum absolute atomic E-state index is 6.03. The van der Waals surface area contributed by atoms with Crippen LogP contribution in [0.5, 0.6) is 0 Å². The molecule has 128 valence electrons. The molecule has 1 aliphatic rings. The SMILES string of the molecule is Cc1cccc(CN2CCOC2c2ccn(-c3ccc(Br)cc3)c2)c1. The highest BCUT2D eigenvalue weighted by Crippen LogP contribution is 2.29. The number of benzene rings is 2. The van der Waals surface area contributed by atoms with Crippen LogP contribution in [0.15, 0.2) is 71.5 Å². The summed E-state index contributed by atoms with van der Waals surface area (Å²) >= 11 is 3.49. The molecule has 3 aromatic rings. The molecular weight excluding hydrogens is 376 g/mol. The molecule has 4 rings (SSSR count). The van der Waals surface area contributed by atoms with Gasteiger partial charge in [-0.05, 0) is 42.8 Å². The Morgan fingerprint density at radius 3 is 2.76 bits per heavy atom. The summed E-state index contributed by atoms with van der Waals surface area (Å²) in [6.07, 6.45) is 4.30. The van der Waals surface area contributed by atoms with Gasteiger partial charge in [0.05, 0.1) is 6.61 Å². The van der Waals surface area contributed by atoms with E-state index in [1.807, 2.05) is 0 Å². The van der Waals surface area contributed by atoms with Gasteiger partial charge < -0.3 is 9.30 Å². The number of aromatic nitrogens is 1. The third-order valence-electron chi connectivity index (χ3n) is 4.58. The predicted molar refractivity (Wildman–Crippen MR) is 104 cm³/mol. The molecule has 25 heavy (non-hydrogen) atoms. The third-order valence-corrected chi connectivity index (χ3v) is 5.11. The Morgan fingerprint density at radius 2 is 1.96 bits per heavy atom. The molecule has 1 fully saturated rings. The maximum atomic E-state index is 6.03. The molecule has 0 N–H and O–H groups in total. The molecule has 1 atom stereocenters. The summed E-state index contributed by atoms with van der Waals surface area (Å²) in [5.41, 5.74) is 4.99. The number of ether oxygens (including phenoxy) is 1. The smallest absolute Gasteiger partial charge is 0.138 e. The van der Waals surface area contributed by atoms with Gasteiger partial charge in [0, 0.05) is 41.2 Å². The molecule has 1 aromatic heterocycles. The second-order valence-corrected chi connectivity index (χ2v) is 7.43. The summed E-state index contributed by atoms with van der Waals surface area (Å²) in [5.74, 6) is 0. The van der Waals surface area contributed by atoms with E-state index in [-0.39, 0.29) is 6.23 Å². The fourth-order valence-corrected chi connectivity index (χ4v) is 3.62. The molecule has 0 radical (unpaired) electrons. The maximum Gasteiger partial charge on any atom is 0.138 e. The Bertz CT molecular complexity index is 856. The minimum Gasteiger partial charge on any atom is -0.357 e. The van der Waals surface area contributed by atoms with Crippen LogP contribution < -0.4 is 0 Å². The van der Waals surface area contributed by atoms with E-state index in [1.165, 1.54) is 16.7 Å². The van der Waals surface area contributed by atoms with Gasteiger partial charge in [-0.2, -0.15) is 0 Å². The first-order valence-electron chi connectivity index (χ1n) is 8.54. The molecule has 1 saturated heterocycles. The molecule has 3 nitrogen and oxygen atoms in total. The van der Waals surface area contributed by atoms with Gasteiger partial charge in [0.15, 0.2) is 0 Å². The first-order valence-corrected chi connectivity index (χ1v) is 9.33. The summed E-state index contributed by atoms with van der Waals surface area (Å²) in [5, 5.41) is 0. The van der Waals surface area contributed by atoms with Crippen molar-refractivity contribution in [3.63, 3.8) is 0 Å². The van der Waals surface area contributed by atoms with E-state index in [4.69, 9.17) is 4.74 Å². The van der Waals surface area contributed by atoms with Crippen molar-refractivity contribution in [1.29, 1.82) is 0 Å². The van der Waals surface area contributed by atoms with Crippen LogP contribution in [0.2, 0.25) is 0 Å². The molecular formula is C21H21BrN2O. The number of hydrogen-bond acceptors (Lipinski definition) is 2. The lowest BCUT2D eigenvalue weighted by Crippen LogP contribution is -2.23. The molecule has 1 unspecified atom stereocenters. The second kappa shape index (κ2) is 7.16. The van der Waals surface area contributed by atoms with E-state index in [0.717, 1.165) is 29.9 Å². The molecule has 0 bridgehead atoms. The lowest BCUT2D eigenvalue weighted by molar-refractivity contribution is 0.0288. The molecule has 0 saturated carbocycles. The molecule has 4 heteroatoms. The third kappa shape index (κ3) is 3.71. The van der Waals surface area contributed by atoms with E-state index in [0.29, 0.717) is 0 Å². The van der Waals surface area contributed by atoms with Crippen molar-refractivity contribution in [3.8, 4) is 5.69 Å². The molecule has 0 spiro atoms. The Hall–Kier alpha value is -1.88. The van der Waals surface area contributed by atoms with Gasteiger partial charge in [0.25, 0.3) is 0 Å². The largest absolute Gasteiger partial charge is 0.357 e. The lowest BCUT2D eigenvalue weighted by Gasteiger charge is -2.22. The van der Waals surface area contributed by atoms with Gasteiger partial charge in [-0.3, -0.25) is 4.90 Å². The van der Waals surface area contributed by atoms with Crippen LogP contribution >= 0.6 is 15.9 Å². The van der Waals surface area contributed by atoms with Crippen LogP contribution in [-0.2, 0) is 11.3 Å². The van der Waals surface area contributed by atoms with Gasteiger partial charge in [-0.1, -0.05) is 45.8 Å². The van der Waals surface area contributed by atoms with Gasteiger partial charge in [-0.25, -0.2) is 0 Å². The molecule has 0 amide bonds. The lowest BCUT2D eigenvalue weighted by atomic mass is 10.1. The fourth-order valence-electron chi connectivity index (χ4n) is 3.35. The van der Waals surface area contributed by atoms with Crippen molar-refractivity contribution in [2.75, 3.05) is 13.2 Å². The van der Waals surface area contributed by atoms with Crippen LogP contribution in [0.1, 0.15) is 22.9 Å². The molecule has 1 aliphatic heterocycles. The average Bonchev–Trinajstić information content (AvgIpc) is 3.25. The van der Waals surface area contributed by atoms with Gasteiger partial charge >= 0.3 is 0 Å². The Morgan fingerprint density at radius 1 is 1.12 bits per heavy atom. The van der Waals surface area contributed by atoms with Crippen LogP contribution in [0.25, 0.3) is 5.69 Å². The number of rotatable bonds is 4. The monoisotopic (exact) mass is 396 g/mol. The Labute approximate surface area is 157 Å². The van der Waals surface area contributed by atoms with E-state index < -0.39 is 0 Å². The highest BCUT2D eigenvalue weighted by atomic mass is 79.9. The van der Waals surface area contributed by atoms with E-state index >= 15 is 0 Å². The average molecular weight is 397 g/mol. The van der Waals surface area contributed by atoms with Crippen molar-refractivity contribution in [2.45, 2.75) is 19.7 Å². The van der Waals surface area contributed by atoms with Crippen molar-refractivity contribution >= 4 is 15.9 Å². The predicted octanol–water partition coefficient (Wildman–Crippen LogP) is 5.08. The van der Waals surface area contributed by atoms with Crippen molar-refractivity contribution in [2.24, 2.45) is 0 Å². The zero-order chi connectivity index (χ0) is 17.2. The highest BCUT2D eigenvalue weighted by Gasteiger charge is 2.27. The number of hydrogen-bond donors (Lipinski definition) is 0. The van der Waals surface area contributed by atoms with Crippen LogP contribution in [0, 0.1) is 6.92 Å². The minimum absolute atomic E-state index is 0.0252. The van der Waals surface area contributed by atoms with Gasteiger partial charge in [-0.15, -0.1) is 0 Å². The van der Waals surface area contributed by atoms with Gasteiger partial charge in [0.2, 0.25) is 0 Å².